The number of benzene rings is 1. The molecule has 5 nitrogen and oxygen atoms in total. The average Bonchev–Trinajstić information content (AvgIpc) is 3.29. The Morgan fingerprint density at radius 2 is 2.12 bits per heavy atom. The summed E-state index contributed by atoms with van der Waals surface area (Å²) in [6, 6.07) is 11.4. The maximum absolute atomic E-state index is 12.3. The maximum Gasteiger partial charge on any atom is 0.230 e. The number of nitrogens with zero attached hydrogens (tertiary/aromatic N) is 3. The van der Waals surface area contributed by atoms with E-state index in [9.17, 15) is 4.79 Å². The van der Waals surface area contributed by atoms with E-state index in [0.717, 1.165) is 28.0 Å². The quantitative estimate of drug-likeness (QED) is 0.580. The highest BCUT2D eigenvalue weighted by Crippen LogP contribution is 2.27. The first-order valence-electron chi connectivity index (χ1n) is 8.23. The highest BCUT2D eigenvalue weighted by Gasteiger charge is 2.17. The molecule has 26 heavy (non-hydrogen) atoms. The van der Waals surface area contributed by atoms with Crippen LogP contribution in [-0.4, -0.2) is 26.4 Å². The summed E-state index contributed by atoms with van der Waals surface area (Å²) in [4.78, 5) is 13.4. The van der Waals surface area contributed by atoms with Crippen LogP contribution in [0.5, 0.6) is 0 Å². The third kappa shape index (κ3) is 4.28. The maximum atomic E-state index is 12.3. The van der Waals surface area contributed by atoms with E-state index in [1.807, 2.05) is 60.2 Å². The second-order valence-corrected chi connectivity index (χ2v) is 7.92. The lowest BCUT2D eigenvalue weighted by Crippen LogP contribution is -2.28. The molecule has 0 radical (unpaired) electrons. The summed E-state index contributed by atoms with van der Waals surface area (Å²) in [5.74, 6) is 1.05. The van der Waals surface area contributed by atoms with Crippen molar-refractivity contribution in [3.63, 3.8) is 0 Å². The Bertz CT molecular complexity index is 879. The van der Waals surface area contributed by atoms with Crippen molar-refractivity contribution >= 4 is 40.6 Å². The molecular formula is C18H19ClN4OS2. The molecule has 0 saturated heterocycles. The molecule has 0 bridgehead atoms. The molecule has 136 valence electrons. The molecule has 0 aliphatic heterocycles. The van der Waals surface area contributed by atoms with Crippen molar-refractivity contribution < 1.29 is 4.79 Å². The first kappa shape index (κ1) is 18.9. The van der Waals surface area contributed by atoms with E-state index in [2.05, 4.69) is 15.5 Å². The number of nitrogens with one attached hydrogen (secondary N) is 1. The number of carbonyl (C=O) groups excluding carboxylic acids is 1. The molecule has 1 atom stereocenters. The van der Waals surface area contributed by atoms with Crippen molar-refractivity contribution in [2.24, 2.45) is 0 Å². The number of thiophene rings is 1. The van der Waals surface area contributed by atoms with Crippen LogP contribution in [-0.2, 0) is 11.3 Å². The Kier molecular flexibility index (Phi) is 6.34. The van der Waals surface area contributed by atoms with Crippen LogP contribution >= 0.6 is 34.7 Å². The molecule has 1 unspecified atom stereocenters. The Labute approximate surface area is 165 Å². The molecular weight excluding hydrogens is 388 g/mol. The summed E-state index contributed by atoms with van der Waals surface area (Å²) in [6.45, 7) is 4.72. The topological polar surface area (TPSA) is 59.8 Å². The number of hydrogen-bond acceptors (Lipinski definition) is 5. The summed E-state index contributed by atoms with van der Waals surface area (Å²) < 4.78 is 2.03. The number of thioether (sulfide) groups is 1. The van der Waals surface area contributed by atoms with Gasteiger partial charge in [0.05, 0.1) is 16.7 Å². The summed E-state index contributed by atoms with van der Waals surface area (Å²) >= 11 is 9.20. The molecule has 0 aliphatic rings. The van der Waals surface area contributed by atoms with Gasteiger partial charge in [0.1, 0.15) is 0 Å². The van der Waals surface area contributed by atoms with Gasteiger partial charge in [-0.3, -0.25) is 4.79 Å². The van der Waals surface area contributed by atoms with E-state index in [-0.39, 0.29) is 17.7 Å². The monoisotopic (exact) mass is 406 g/mol. The van der Waals surface area contributed by atoms with Crippen molar-refractivity contribution in [1.82, 2.24) is 20.1 Å². The van der Waals surface area contributed by atoms with Crippen LogP contribution in [0.15, 0.2) is 46.9 Å². The van der Waals surface area contributed by atoms with Gasteiger partial charge in [0.2, 0.25) is 5.91 Å². The Hall–Kier alpha value is -1.83. The lowest BCUT2D eigenvalue weighted by molar-refractivity contribution is -0.119. The first-order chi connectivity index (χ1) is 12.6. The molecule has 3 aromatic rings. The zero-order valence-corrected chi connectivity index (χ0v) is 16.9. The molecule has 1 amide bonds. The molecule has 2 heterocycles. The van der Waals surface area contributed by atoms with Crippen LogP contribution in [0.4, 0.5) is 0 Å². The Morgan fingerprint density at radius 1 is 1.31 bits per heavy atom. The molecule has 1 N–H and O–H groups in total. The third-order valence-electron chi connectivity index (χ3n) is 3.86. The van der Waals surface area contributed by atoms with Crippen LogP contribution in [0.2, 0.25) is 5.02 Å². The summed E-state index contributed by atoms with van der Waals surface area (Å²) in [5.41, 5.74) is 0.907. The van der Waals surface area contributed by atoms with E-state index >= 15 is 0 Å². The Balaban J connectivity index is 1.62. The highest BCUT2D eigenvalue weighted by atomic mass is 35.5. The first-order valence-corrected chi connectivity index (χ1v) is 10.5. The van der Waals surface area contributed by atoms with Gasteiger partial charge in [-0.05, 0) is 36.9 Å². The van der Waals surface area contributed by atoms with Crippen LogP contribution in [0.25, 0.3) is 10.7 Å². The number of halogens is 1. The van der Waals surface area contributed by atoms with E-state index < -0.39 is 0 Å². The second kappa shape index (κ2) is 8.70. The zero-order valence-electron chi connectivity index (χ0n) is 14.5. The average molecular weight is 407 g/mol. The van der Waals surface area contributed by atoms with Gasteiger partial charge in [-0.1, -0.05) is 47.6 Å². The summed E-state index contributed by atoms with van der Waals surface area (Å²) in [5, 5.41) is 14.9. The van der Waals surface area contributed by atoms with Crippen molar-refractivity contribution in [3.05, 3.63) is 52.4 Å². The second-order valence-electron chi connectivity index (χ2n) is 5.63. The summed E-state index contributed by atoms with van der Waals surface area (Å²) in [6.07, 6.45) is 0. The predicted octanol–water partition coefficient (Wildman–Crippen LogP) is 4.65. The van der Waals surface area contributed by atoms with Crippen molar-refractivity contribution in [1.29, 1.82) is 0 Å². The fourth-order valence-electron chi connectivity index (χ4n) is 2.59. The Morgan fingerprint density at radius 3 is 2.81 bits per heavy atom. The number of hydrogen-bond donors (Lipinski definition) is 1. The van der Waals surface area contributed by atoms with Gasteiger partial charge in [-0.25, -0.2) is 0 Å². The lowest BCUT2D eigenvalue weighted by atomic mass is 10.1. The molecule has 8 heteroatoms. The fraction of sp³-hybridized carbons (Fsp3) is 0.278. The van der Waals surface area contributed by atoms with Gasteiger partial charge < -0.3 is 9.88 Å². The van der Waals surface area contributed by atoms with Crippen LogP contribution in [0.1, 0.15) is 25.5 Å². The van der Waals surface area contributed by atoms with Crippen LogP contribution < -0.4 is 5.32 Å². The van der Waals surface area contributed by atoms with Crippen molar-refractivity contribution in [2.75, 3.05) is 5.75 Å². The van der Waals surface area contributed by atoms with Crippen LogP contribution in [0, 0.1) is 0 Å². The number of rotatable bonds is 7. The minimum absolute atomic E-state index is 0.0641. The zero-order chi connectivity index (χ0) is 18.5. The minimum Gasteiger partial charge on any atom is -0.349 e. The minimum atomic E-state index is -0.150. The normalized spacial score (nSPS) is 12.1. The molecule has 0 fully saturated rings. The number of aromatic nitrogens is 3. The molecule has 1 aromatic carbocycles. The van der Waals surface area contributed by atoms with Gasteiger partial charge in [0.15, 0.2) is 11.0 Å². The van der Waals surface area contributed by atoms with Crippen LogP contribution in [0.3, 0.4) is 0 Å². The SMILES string of the molecule is CCn1c(SCC(=O)NC(C)c2ccccc2Cl)nnc1-c1cccs1. The van der Waals surface area contributed by atoms with Gasteiger partial charge in [0.25, 0.3) is 0 Å². The van der Waals surface area contributed by atoms with Crippen molar-refractivity contribution in [2.45, 2.75) is 31.6 Å². The van der Waals surface area contributed by atoms with Gasteiger partial charge in [-0.15, -0.1) is 21.5 Å². The highest BCUT2D eigenvalue weighted by molar-refractivity contribution is 7.99. The molecule has 3 rings (SSSR count). The van der Waals surface area contributed by atoms with Gasteiger partial charge >= 0.3 is 0 Å². The molecule has 0 saturated carbocycles. The standard InChI is InChI=1S/C18H19ClN4OS2/c1-3-23-17(15-9-6-10-25-15)21-22-18(23)26-11-16(24)20-12(2)13-7-4-5-8-14(13)19/h4-10,12H,3,11H2,1-2H3,(H,20,24). The lowest BCUT2D eigenvalue weighted by Gasteiger charge is -2.15. The number of amides is 1. The molecule has 2 aromatic heterocycles. The molecule has 0 spiro atoms. The smallest absolute Gasteiger partial charge is 0.230 e. The van der Waals surface area contributed by atoms with Gasteiger partial charge in [0, 0.05) is 11.6 Å². The van der Waals surface area contributed by atoms with E-state index in [1.54, 1.807) is 11.3 Å². The van der Waals surface area contributed by atoms with Crippen molar-refractivity contribution in [3.8, 4) is 10.7 Å². The fourth-order valence-corrected chi connectivity index (χ4v) is 4.42. The largest absolute Gasteiger partial charge is 0.349 e. The predicted molar refractivity (Wildman–Crippen MR) is 108 cm³/mol. The molecule has 0 aliphatic carbocycles. The number of carbonyl (C=O) groups is 1. The van der Waals surface area contributed by atoms with E-state index in [4.69, 9.17) is 11.6 Å². The van der Waals surface area contributed by atoms with Gasteiger partial charge in [-0.2, -0.15) is 0 Å². The van der Waals surface area contributed by atoms with E-state index in [1.165, 1.54) is 11.8 Å². The van der Waals surface area contributed by atoms with E-state index in [0.29, 0.717) is 5.02 Å². The third-order valence-corrected chi connectivity index (χ3v) is 6.03. The summed E-state index contributed by atoms with van der Waals surface area (Å²) in [7, 11) is 0.